The standard InChI is InChI=1S/C8H19N3O2S/c1-4-7(2)11-8(9)10-5-6-14(3,12)13/h7H,4-6H2,1-3H3,(H3,9,10,11). The maximum atomic E-state index is 10.8. The summed E-state index contributed by atoms with van der Waals surface area (Å²) in [6, 6.07) is 0.261. The molecule has 0 fully saturated rings. The van der Waals surface area contributed by atoms with Gasteiger partial charge in [0.1, 0.15) is 9.84 Å². The van der Waals surface area contributed by atoms with E-state index in [9.17, 15) is 8.42 Å². The highest BCUT2D eigenvalue weighted by molar-refractivity contribution is 7.90. The Bertz CT molecular complexity index is 285. The van der Waals surface area contributed by atoms with Crippen LogP contribution in [-0.2, 0) is 9.84 Å². The predicted molar refractivity (Wildman–Crippen MR) is 59.1 cm³/mol. The van der Waals surface area contributed by atoms with Gasteiger partial charge in [-0.05, 0) is 13.3 Å². The lowest BCUT2D eigenvalue weighted by Crippen LogP contribution is -2.38. The third-order valence-electron chi connectivity index (χ3n) is 1.75. The highest BCUT2D eigenvalue weighted by Crippen LogP contribution is 1.87. The van der Waals surface area contributed by atoms with Crippen LogP contribution in [0.5, 0.6) is 0 Å². The van der Waals surface area contributed by atoms with Gasteiger partial charge in [0.2, 0.25) is 0 Å². The molecule has 5 nitrogen and oxygen atoms in total. The second kappa shape index (κ2) is 5.85. The van der Waals surface area contributed by atoms with Gasteiger partial charge in [0, 0.05) is 12.3 Å². The Kier molecular flexibility index (Phi) is 5.52. The summed E-state index contributed by atoms with van der Waals surface area (Å²) < 4.78 is 21.5. The summed E-state index contributed by atoms with van der Waals surface area (Å²) >= 11 is 0. The van der Waals surface area contributed by atoms with Gasteiger partial charge in [0.05, 0.1) is 12.3 Å². The molecule has 14 heavy (non-hydrogen) atoms. The third-order valence-corrected chi connectivity index (χ3v) is 2.68. The first-order valence-corrected chi connectivity index (χ1v) is 6.65. The van der Waals surface area contributed by atoms with Crippen molar-refractivity contribution in [1.82, 2.24) is 5.32 Å². The lowest BCUT2D eigenvalue weighted by Gasteiger charge is -2.11. The van der Waals surface area contributed by atoms with E-state index >= 15 is 0 Å². The summed E-state index contributed by atoms with van der Waals surface area (Å²) in [6.45, 7) is 4.23. The Morgan fingerprint density at radius 3 is 2.57 bits per heavy atom. The highest BCUT2D eigenvalue weighted by atomic mass is 32.2. The molecular weight excluding hydrogens is 202 g/mol. The van der Waals surface area contributed by atoms with Crippen molar-refractivity contribution in [3.05, 3.63) is 0 Å². The van der Waals surface area contributed by atoms with Gasteiger partial charge in [-0.1, -0.05) is 6.92 Å². The maximum Gasteiger partial charge on any atom is 0.188 e. The van der Waals surface area contributed by atoms with E-state index in [1.54, 1.807) is 0 Å². The normalized spacial score (nSPS) is 15.2. The second-order valence-corrected chi connectivity index (χ2v) is 5.61. The Morgan fingerprint density at radius 2 is 2.14 bits per heavy atom. The van der Waals surface area contributed by atoms with Crippen molar-refractivity contribution in [2.24, 2.45) is 10.7 Å². The molecule has 0 spiro atoms. The highest BCUT2D eigenvalue weighted by Gasteiger charge is 2.01. The molecule has 6 heteroatoms. The first-order valence-electron chi connectivity index (χ1n) is 4.59. The molecule has 0 aliphatic rings. The van der Waals surface area contributed by atoms with Crippen LogP contribution in [-0.4, -0.2) is 39.0 Å². The van der Waals surface area contributed by atoms with Crippen LogP contribution < -0.4 is 11.1 Å². The van der Waals surface area contributed by atoms with E-state index in [-0.39, 0.29) is 18.3 Å². The minimum absolute atomic E-state index is 0.0376. The number of aliphatic imine (C=N–C) groups is 1. The number of nitrogens with one attached hydrogen (secondary N) is 1. The monoisotopic (exact) mass is 221 g/mol. The summed E-state index contributed by atoms with van der Waals surface area (Å²) in [4.78, 5) is 3.90. The summed E-state index contributed by atoms with van der Waals surface area (Å²) in [6.07, 6.45) is 2.13. The zero-order chi connectivity index (χ0) is 11.2. The summed E-state index contributed by atoms with van der Waals surface area (Å²) in [7, 11) is -2.94. The van der Waals surface area contributed by atoms with Crippen molar-refractivity contribution >= 4 is 15.8 Å². The SMILES string of the molecule is CCC(C)NC(N)=NCCS(C)(=O)=O. The average Bonchev–Trinajstić information content (AvgIpc) is 2.01. The Hall–Kier alpha value is -0.780. The van der Waals surface area contributed by atoms with E-state index in [0.29, 0.717) is 5.96 Å². The van der Waals surface area contributed by atoms with Crippen molar-refractivity contribution in [3.8, 4) is 0 Å². The van der Waals surface area contributed by atoms with Crippen LogP contribution in [0.3, 0.4) is 0 Å². The van der Waals surface area contributed by atoms with Crippen molar-refractivity contribution in [1.29, 1.82) is 0 Å². The fraction of sp³-hybridized carbons (Fsp3) is 0.875. The van der Waals surface area contributed by atoms with Crippen LogP contribution in [0, 0.1) is 0 Å². The molecule has 0 aromatic carbocycles. The Balaban J connectivity index is 3.89. The summed E-state index contributed by atoms with van der Waals surface area (Å²) in [5.41, 5.74) is 5.52. The van der Waals surface area contributed by atoms with Crippen molar-refractivity contribution in [2.75, 3.05) is 18.6 Å². The van der Waals surface area contributed by atoms with Crippen molar-refractivity contribution < 1.29 is 8.42 Å². The number of guanidine groups is 1. The molecule has 0 radical (unpaired) electrons. The molecule has 0 aromatic rings. The molecule has 0 aliphatic carbocycles. The van der Waals surface area contributed by atoms with Gasteiger partial charge in [-0.25, -0.2) is 8.42 Å². The van der Waals surface area contributed by atoms with Gasteiger partial charge >= 0.3 is 0 Å². The molecule has 0 amide bonds. The van der Waals surface area contributed by atoms with E-state index < -0.39 is 9.84 Å². The minimum atomic E-state index is -2.94. The molecule has 0 bridgehead atoms. The fourth-order valence-electron chi connectivity index (χ4n) is 0.732. The van der Waals surface area contributed by atoms with Gasteiger partial charge in [-0.3, -0.25) is 4.99 Å². The van der Waals surface area contributed by atoms with Crippen LogP contribution in [0.25, 0.3) is 0 Å². The molecule has 0 aromatic heterocycles. The molecule has 1 unspecified atom stereocenters. The van der Waals surface area contributed by atoms with E-state index in [1.165, 1.54) is 6.26 Å². The van der Waals surface area contributed by atoms with Crippen LogP contribution in [0.1, 0.15) is 20.3 Å². The quantitative estimate of drug-likeness (QED) is 0.494. The Morgan fingerprint density at radius 1 is 1.57 bits per heavy atom. The Labute approximate surface area is 85.7 Å². The minimum Gasteiger partial charge on any atom is -0.370 e. The number of hydrogen-bond acceptors (Lipinski definition) is 3. The topological polar surface area (TPSA) is 84.5 Å². The molecule has 0 saturated heterocycles. The molecule has 1 atom stereocenters. The van der Waals surface area contributed by atoms with Gasteiger partial charge in [-0.2, -0.15) is 0 Å². The molecule has 84 valence electrons. The molecule has 0 saturated carbocycles. The van der Waals surface area contributed by atoms with E-state index in [4.69, 9.17) is 5.73 Å². The summed E-state index contributed by atoms with van der Waals surface area (Å²) in [5, 5.41) is 2.95. The number of hydrogen-bond donors (Lipinski definition) is 2. The average molecular weight is 221 g/mol. The van der Waals surface area contributed by atoms with Crippen LogP contribution in [0.15, 0.2) is 4.99 Å². The number of nitrogens with two attached hydrogens (primary N) is 1. The first-order chi connectivity index (χ1) is 6.35. The molecule has 0 heterocycles. The lowest BCUT2D eigenvalue weighted by atomic mass is 10.3. The van der Waals surface area contributed by atoms with Crippen LogP contribution >= 0.6 is 0 Å². The van der Waals surface area contributed by atoms with E-state index in [2.05, 4.69) is 10.3 Å². The smallest absolute Gasteiger partial charge is 0.188 e. The largest absolute Gasteiger partial charge is 0.370 e. The van der Waals surface area contributed by atoms with E-state index in [1.807, 2.05) is 13.8 Å². The summed E-state index contributed by atoms with van der Waals surface area (Å²) in [5.74, 6) is 0.346. The number of nitrogens with zero attached hydrogens (tertiary/aromatic N) is 1. The van der Waals surface area contributed by atoms with Gasteiger partial charge in [0.25, 0.3) is 0 Å². The van der Waals surface area contributed by atoms with Crippen molar-refractivity contribution in [3.63, 3.8) is 0 Å². The molecule has 0 aliphatic heterocycles. The van der Waals surface area contributed by atoms with E-state index in [0.717, 1.165) is 6.42 Å². The second-order valence-electron chi connectivity index (χ2n) is 3.35. The predicted octanol–water partition coefficient (Wildman–Crippen LogP) is -0.266. The van der Waals surface area contributed by atoms with Crippen LogP contribution in [0.4, 0.5) is 0 Å². The molecule has 0 rings (SSSR count). The first kappa shape index (κ1) is 13.2. The van der Waals surface area contributed by atoms with Crippen LogP contribution in [0.2, 0.25) is 0 Å². The lowest BCUT2D eigenvalue weighted by molar-refractivity contribution is 0.601. The van der Waals surface area contributed by atoms with Gasteiger partial charge in [0.15, 0.2) is 5.96 Å². The molecular formula is C8H19N3O2S. The maximum absolute atomic E-state index is 10.8. The molecule has 3 N–H and O–H groups in total. The number of rotatable bonds is 5. The zero-order valence-electron chi connectivity index (χ0n) is 8.95. The number of sulfone groups is 1. The van der Waals surface area contributed by atoms with Gasteiger partial charge < -0.3 is 11.1 Å². The third kappa shape index (κ3) is 7.85. The van der Waals surface area contributed by atoms with Crippen molar-refractivity contribution in [2.45, 2.75) is 26.3 Å². The van der Waals surface area contributed by atoms with Gasteiger partial charge in [-0.15, -0.1) is 0 Å². The fourth-order valence-corrected chi connectivity index (χ4v) is 1.16. The zero-order valence-corrected chi connectivity index (χ0v) is 9.76.